The molecule has 0 fully saturated rings. The van der Waals surface area contributed by atoms with Crippen molar-refractivity contribution in [3.8, 4) is 0 Å². The van der Waals surface area contributed by atoms with Crippen LogP contribution in [0.2, 0.25) is 0 Å². The van der Waals surface area contributed by atoms with Crippen molar-refractivity contribution in [3.63, 3.8) is 0 Å². The number of hydrogen-bond donors (Lipinski definition) is 1. The minimum Gasteiger partial charge on any atom is -0.481 e. The van der Waals surface area contributed by atoms with Crippen LogP contribution in [0.1, 0.15) is 37.5 Å². The molecule has 0 spiro atoms. The molecule has 0 aliphatic rings. The number of carboxylic acid groups (broad SMARTS) is 1. The summed E-state index contributed by atoms with van der Waals surface area (Å²) >= 11 is 5.10. The number of ether oxygens (including phenoxy) is 3. The van der Waals surface area contributed by atoms with E-state index in [0.29, 0.717) is 17.3 Å². The SMILES string of the molecule is CC(CSCc1ccccc1)C(=O)O.CC(CSCc1ccccc1)C(=O)OCCOCCOC(=O)C(C)CSCc1ccccc1. The lowest BCUT2D eigenvalue weighted by Crippen LogP contribution is -2.21. The van der Waals surface area contributed by atoms with Crippen LogP contribution in [0.15, 0.2) is 91.0 Å². The van der Waals surface area contributed by atoms with Crippen LogP contribution < -0.4 is 0 Å². The van der Waals surface area contributed by atoms with Gasteiger partial charge in [-0.25, -0.2) is 0 Å². The van der Waals surface area contributed by atoms with E-state index in [9.17, 15) is 14.4 Å². The standard InChI is InChI=1S/C26H34O5S2.C11H14O2S/c1-21(17-32-19-23-9-5-3-6-10-23)25(27)30-15-13-29-14-16-31-26(28)22(2)18-33-20-24-11-7-4-8-12-24;1-9(11(12)13)7-14-8-10-5-3-2-4-6-10/h3-12,21-22H,13-20H2,1-2H3;2-6,9H,7-8H2,1H3,(H,12,13). The number of carboxylic acids is 1. The number of aliphatic carboxylic acids is 1. The van der Waals surface area contributed by atoms with Crippen molar-refractivity contribution in [1.82, 2.24) is 0 Å². The molecule has 3 atom stereocenters. The zero-order chi connectivity index (χ0) is 34.1. The number of carbonyl (C=O) groups excluding carboxylic acids is 2. The fourth-order valence-corrected chi connectivity index (χ4v) is 6.89. The largest absolute Gasteiger partial charge is 0.481 e. The lowest BCUT2D eigenvalue weighted by atomic mass is 10.2. The molecular formula is C37H48O7S3. The highest BCUT2D eigenvalue weighted by Crippen LogP contribution is 2.18. The van der Waals surface area contributed by atoms with Crippen molar-refractivity contribution in [2.45, 2.75) is 38.0 Å². The Kier molecular flexibility index (Phi) is 21.5. The first kappa shape index (κ1) is 40.3. The molecule has 0 bridgehead atoms. The van der Waals surface area contributed by atoms with Gasteiger partial charge in [-0.05, 0) is 16.7 Å². The molecule has 0 saturated heterocycles. The summed E-state index contributed by atoms with van der Waals surface area (Å²) in [6.07, 6.45) is 0. The van der Waals surface area contributed by atoms with Crippen molar-refractivity contribution in [2.24, 2.45) is 17.8 Å². The molecule has 0 aliphatic carbocycles. The number of esters is 2. The van der Waals surface area contributed by atoms with Gasteiger partial charge < -0.3 is 19.3 Å². The summed E-state index contributed by atoms with van der Waals surface area (Å²) in [7, 11) is 0. The van der Waals surface area contributed by atoms with Crippen LogP contribution in [-0.4, -0.2) is 66.7 Å². The second kappa shape index (κ2) is 25.1. The molecule has 3 rings (SSSR count). The van der Waals surface area contributed by atoms with E-state index in [1.54, 1.807) is 42.2 Å². The van der Waals surface area contributed by atoms with Gasteiger partial charge in [0.2, 0.25) is 0 Å². The fourth-order valence-electron chi connectivity index (χ4n) is 3.78. The molecule has 47 heavy (non-hydrogen) atoms. The highest BCUT2D eigenvalue weighted by Gasteiger charge is 2.16. The number of benzene rings is 3. The number of carbonyl (C=O) groups is 3. The molecular weight excluding hydrogens is 653 g/mol. The van der Waals surface area contributed by atoms with Crippen molar-refractivity contribution < 1.29 is 33.7 Å². The van der Waals surface area contributed by atoms with Crippen molar-refractivity contribution in [3.05, 3.63) is 108 Å². The summed E-state index contributed by atoms with van der Waals surface area (Å²) in [6.45, 7) is 6.46. The Morgan fingerprint density at radius 1 is 0.532 bits per heavy atom. The van der Waals surface area contributed by atoms with Crippen LogP contribution in [0.4, 0.5) is 0 Å². The molecule has 0 amide bonds. The zero-order valence-electron chi connectivity index (χ0n) is 27.6. The third-order valence-corrected chi connectivity index (χ3v) is 10.4. The second-order valence-electron chi connectivity index (χ2n) is 11.0. The lowest BCUT2D eigenvalue weighted by molar-refractivity contribution is -0.150. The Morgan fingerprint density at radius 3 is 1.17 bits per heavy atom. The third kappa shape index (κ3) is 19.5. The van der Waals surface area contributed by atoms with Crippen molar-refractivity contribution in [1.29, 1.82) is 0 Å². The van der Waals surface area contributed by atoms with Gasteiger partial charge >= 0.3 is 17.9 Å². The highest BCUT2D eigenvalue weighted by atomic mass is 32.2. The normalized spacial score (nSPS) is 12.6. The van der Waals surface area contributed by atoms with Crippen molar-refractivity contribution >= 4 is 53.2 Å². The molecule has 3 unspecified atom stereocenters. The van der Waals surface area contributed by atoms with Gasteiger partial charge in [0.1, 0.15) is 13.2 Å². The van der Waals surface area contributed by atoms with Crippen LogP contribution in [0.5, 0.6) is 0 Å². The molecule has 3 aromatic rings. The number of thioether (sulfide) groups is 3. The highest BCUT2D eigenvalue weighted by molar-refractivity contribution is 7.99. The van der Waals surface area contributed by atoms with Crippen LogP contribution in [0, 0.1) is 17.8 Å². The summed E-state index contributed by atoms with van der Waals surface area (Å²) < 4.78 is 15.9. The monoisotopic (exact) mass is 700 g/mol. The van der Waals surface area contributed by atoms with Gasteiger partial charge in [-0.2, -0.15) is 35.3 Å². The minimum atomic E-state index is -0.717. The Hall–Kier alpha value is -2.92. The molecule has 0 aliphatic heterocycles. The molecule has 256 valence electrons. The maximum atomic E-state index is 12.1. The van der Waals surface area contributed by atoms with Gasteiger partial charge in [-0.15, -0.1) is 0 Å². The average Bonchev–Trinajstić information content (AvgIpc) is 3.09. The van der Waals surface area contributed by atoms with E-state index in [4.69, 9.17) is 19.3 Å². The number of rotatable bonds is 21. The Bertz CT molecular complexity index is 1200. The Balaban J connectivity index is 0.000000456. The van der Waals surface area contributed by atoms with Gasteiger partial charge in [0.05, 0.1) is 31.0 Å². The van der Waals surface area contributed by atoms with Crippen LogP contribution >= 0.6 is 35.3 Å². The predicted octanol–water partition coefficient (Wildman–Crippen LogP) is 7.87. The Morgan fingerprint density at radius 2 is 0.851 bits per heavy atom. The van der Waals surface area contributed by atoms with E-state index in [2.05, 4.69) is 36.4 Å². The molecule has 1 N–H and O–H groups in total. The molecule has 10 heteroatoms. The fraction of sp³-hybridized carbons (Fsp3) is 0.432. The molecule has 0 aromatic heterocycles. The van der Waals surface area contributed by atoms with Crippen LogP contribution in [0.25, 0.3) is 0 Å². The first-order valence-corrected chi connectivity index (χ1v) is 19.2. The van der Waals surface area contributed by atoms with E-state index in [1.165, 1.54) is 16.7 Å². The topological polar surface area (TPSA) is 99.1 Å². The van der Waals surface area contributed by atoms with E-state index < -0.39 is 5.97 Å². The van der Waals surface area contributed by atoms with Gasteiger partial charge in [-0.3, -0.25) is 14.4 Å². The molecule has 3 aromatic carbocycles. The van der Waals surface area contributed by atoms with E-state index in [1.807, 2.05) is 68.4 Å². The minimum absolute atomic E-state index is 0.166. The molecule has 0 radical (unpaired) electrons. The number of hydrogen-bond acceptors (Lipinski definition) is 9. The zero-order valence-corrected chi connectivity index (χ0v) is 30.0. The van der Waals surface area contributed by atoms with E-state index >= 15 is 0 Å². The first-order valence-electron chi connectivity index (χ1n) is 15.7. The summed E-state index contributed by atoms with van der Waals surface area (Å²) in [5.41, 5.74) is 3.74. The van der Waals surface area contributed by atoms with Crippen molar-refractivity contribution in [2.75, 3.05) is 43.7 Å². The second-order valence-corrected chi connectivity index (χ2v) is 14.1. The summed E-state index contributed by atoms with van der Waals surface area (Å²) in [6, 6.07) is 30.4. The maximum absolute atomic E-state index is 12.1. The third-order valence-electron chi connectivity index (χ3n) is 6.61. The first-order chi connectivity index (χ1) is 22.8. The van der Waals surface area contributed by atoms with Gasteiger partial charge in [0.25, 0.3) is 0 Å². The van der Waals surface area contributed by atoms with Crippen LogP contribution in [0.3, 0.4) is 0 Å². The summed E-state index contributed by atoms with van der Waals surface area (Å²) in [5.74, 6) is 3.01. The summed E-state index contributed by atoms with van der Waals surface area (Å²) in [5, 5.41) is 8.67. The predicted molar refractivity (Wildman–Crippen MR) is 196 cm³/mol. The van der Waals surface area contributed by atoms with Gasteiger partial charge in [0, 0.05) is 34.5 Å². The maximum Gasteiger partial charge on any atom is 0.309 e. The van der Waals surface area contributed by atoms with Gasteiger partial charge in [-0.1, -0.05) is 112 Å². The van der Waals surface area contributed by atoms with Gasteiger partial charge in [0.15, 0.2) is 0 Å². The quantitative estimate of drug-likeness (QED) is 0.0873. The van der Waals surface area contributed by atoms with E-state index in [0.717, 1.165) is 17.3 Å². The smallest absolute Gasteiger partial charge is 0.309 e. The van der Waals surface area contributed by atoms with E-state index in [-0.39, 0.29) is 56.1 Å². The molecule has 7 nitrogen and oxygen atoms in total. The average molecular weight is 701 g/mol. The summed E-state index contributed by atoms with van der Waals surface area (Å²) in [4.78, 5) is 34.6. The Labute approximate surface area is 292 Å². The molecule has 0 heterocycles. The lowest BCUT2D eigenvalue weighted by Gasteiger charge is -2.13. The van der Waals surface area contributed by atoms with Crippen LogP contribution in [-0.2, 0) is 45.9 Å². The molecule has 0 saturated carbocycles.